The van der Waals surface area contributed by atoms with Crippen molar-refractivity contribution in [1.82, 2.24) is 10.6 Å². The van der Waals surface area contributed by atoms with Crippen molar-refractivity contribution in [3.05, 3.63) is 12.2 Å². The molecule has 0 radical (unpaired) electrons. The van der Waals surface area contributed by atoms with Gasteiger partial charge >= 0.3 is 5.97 Å². The van der Waals surface area contributed by atoms with E-state index in [9.17, 15) is 19.5 Å². The summed E-state index contributed by atoms with van der Waals surface area (Å²) in [5, 5.41) is 14.9. The van der Waals surface area contributed by atoms with Crippen molar-refractivity contribution in [2.24, 2.45) is 22.3 Å². The Balaban J connectivity index is 4.17. The third-order valence-corrected chi connectivity index (χ3v) is 5.83. The molecular formula is C22H42N4O4. The van der Waals surface area contributed by atoms with E-state index in [2.05, 4.69) is 17.2 Å². The fraction of sp³-hybridized carbons (Fsp3) is 0.773. The number of nitrogens with one attached hydrogen (secondary N) is 2. The molecule has 0 aromatic carbocycles. The molecule has 7 N–H and O–H groups in total. The Bertz CT molecular complexity index is 602. The summed E-state index contributed by atoms with van der Waals surface area (Å²) in [7, 11) is 0. The molecule has 2 amide bonds. The van der Waals surface area contributed by atoms with Gasteiger partial charge in [-0.05, 0) is 60.3 Å². The molecule has 0 bridgehead atoms. The van der Waals surface area contributed by atoms with Crippen molar-refractivity contribution in [1.29, 1.82) is 0 Å². The van der Waals surface area contributed by atoms with Crippen LogP contribution < -0.4 is 22.1 Å². The van der Waals surface area contributed by atoms with Crippen molar-refractivity contribution in [2.45, 2.75) is 85.2 Å². The van der Waals surface area contributed by atoms with E-state index in [0.717, 1.165) is 25.7 Å². The summed E-state index contributed by atoms with van der Waals surface area (Å²) in [6.07, 6.45) is 4.33. The summed E-state index contributed by atoms with van der Waals surface area (Å²) in [5.74, 6) is -1.15. The van der Waals surface area contributed by atoms with Crippen LogP contribution in [0.2, 0.25) is 0 Å². The Hall–Kier alpha value is -1.93. The van der Waals surface area contributed by atoms with E-state index in [4.69, 9.17) is 11.5 Å². The van der Waals surface area contributed by atoms with E-state index in [1.165, 1.54) is 0 Å². The summed E-state index contributed by atoms with van der Waals surface area (Å²) in [6.45, 7) is 13.2. The van der Waals surface area contributed by atoms with Crippen LogP contribution in [-0.4, -0.2) is 48.1 Å². The topological polar surface area (TPSA) is 148 Å². The molecule has 0 aliphatic rings. The van der Waals surface area contributed by atoms with Gasteiger partial charge in [-0.2, -0.15) is 0 Å². The molecule has 0 rings (SSSR count). The molecule has 2 atom stereocenters. The number of carboxylic acid groups (broad SMARTS) is 1. The molecule has 0 aliphatic heterocycles. The average molecular weight is 427 g/mol. The van der Waals surface area contributed by atoms with E-state index in [0.29, 0.717) is 31.5 Å². The Morgan fingerprint density at radius 3 is 1.73 bits per heavy atom. The van der Waals surface area contributed by atoms with Crippen LogP contribution in [0, 0.1) is 10.8 Å². The van der Waals surface area contributed by atoms with Gasteiger partial charge < -0.3 is 27.2 Å². The van der Waals surface area contributed by atoms with Crippen molar-refractivity contribution in [3.8, 4) is 0 Å². The first-order valence-corrected chi connectivity index (χ1v) is 10.7. The van der Waals surface area contributed by atoms with Gasteiger partial charge in [0.2, 0.25) is 11.8 Å². The first kappa shape index (κ1) is 28.1. The number of rotatable bonds is 15. The predicted octanol–water partition coefficient (Wildman–Crippen LogP) is 1.93. The first-order valence-electron chi connectivity index (χ1n) is 10.7. The lowest BCUT2D eigenvalue weighted by Crippen LogP contribution is -2.49. The van der Waals surface area contributed by atoms with E-state index in [1.807, 2.05) is 13.8 Å². The first-order chi connectivity index (χ1) is 13.7. The third kappa shape index (κ3) is 9.26. The number of unbranched alkanes of at least 4 members (excludes halogenated alkanes) is 2. The van der Waals surface area contributed by atoms with Gasteiger partial charge in [-0.1, -0.05) is 19.4 Å². The number of amides is 2. The van der Waals surface area contributed by atoms with Crippen LogP contribution in [-0.2, 0) is 14.4 Å². The zero-order valence-electron chi connectivity index (χ0n) is 19.3. The monoisotopic (exact) mass is 426 g/mol. The van der Waals surface area contributed by atoms with Crippen LogP contribution in [0.15, 0.2) is 12.2 Å². The minimum atomic E-state index is -0.967. The number of carbonyl (C=O) groups excluding carboxylic acids is 2. The van der Waals surface area contributed by atoms with Crippen LogP contribution in [0.4, 0.5) is 0 Å². The number of hydrogen-bond acceptors (Lipinski definition) is 5. The maximum Gasteiger partial charge on any atom is 0.310 e. The Morgan fingerprint density at radius 1 is 0.867 bits per heavy atom. The van der Waals surface area contributed by atoms with E-state index in [1.54, 1.807) is 20.8 Å². The van der Waals surface area contributed by atoms with Crippen molar-refractivity contribution >= 4 is 17.8 Å². The van der Waals surface area contributed by atoms with Gasteiger partial charge in [0.15, 0.2) is 0 Å². The fourth-order valence-corrected chi connectivity index (χ4v) is 2.81. The summed E-state index contributed by atoms with van der Waals surface area (Å²) in [6, 6.07) is -0.727. The quantitative estimate of drug-likeness (QED) is 0.200. The Kier molecular flexibility index (Phi) is 11.9. The molecular weight excluding hydrogens is 384 g/mol. The standard InChI is InChI=1S/C22H42N4O4/c1-15(2)18(27)25-13-9-7-11-16(23)21(3,4)19(28)26-14-10-8-12-17(24)22(5,6)20(29)30/h16-17H,1,7-14,23-24H2,2-6H3,(H,25,27)(H,26,28)(H,29,30). The maximum absolute atomic E-state index is 12.5. The van der Waals surface area contributed by atoms with Crippen LogP contribution in [0.5, 0.6) is 0 Å². The second kappa shape index (κ2) is 12.7. The minimum absolute atomic E-state index is 0.0965. The number of hydrogen-bond donors (Lipinski definition) is 5. The summed E-state index contributed by atoms with van der Waals surface area (Å²) in [4.78, 5) is 35.2. The zero-order chi connectivity index (χ0) is 23.5. The van der Waals surface area contributed by atoms with Crippen LogP contribution in [0.1, 0.15) is 73.1 Å². The second-order valence-corrected chi connectivity index (χ2v) is 9.25. The second-order valence-electron chi connectivity index (χ2n) is 9.25. The van der Waals surface area contributed by atoms with Gasteiger partial charge in [0.25, 0.3) is 0 Å². The normalized spacial score (nSPS) is 14.0. The molecule has 0 saturated heterocycles. The minimum Gasteiger partial charge on any atom is -0.481 e. The number of carbonyl (C=O) groups is 3. The molecule has 0 spiro atoms. The molecule has 0 heterocycles. The summed E-state index contributed by atoms with van der Waals surface area (Å²) < 4.78 is 0. The third-order valence-electron chi connectivity index (χ3n) is 5.83. The largest absolute Gasteiger partial charge is 0.481 e. The van der Waals surface area contributed by atoms with E-state index in [-0.39, 0.29) is 17.9 Å². The Labute approximate surface area is 181 Å². The van der Waals surface area contributed by atoms with Gasteiger partial charge in [-0.25, -0.2) is 0 Å². The van der Waals surface area contributed by atoms with Crippen molar-refractivity contribution in [2.75, 3.05) is 13.1 Å². The molecule has 30 heavy (non-hydrogen) atoms. The van der Waals surface area contributed by atoms with Crippen LogP contribution in [0.3, 0.4) is 0 Å². The summed E-state index contributed by atoms with van der Waals surface area (Å²) >= 11 is 0. The molecule has 0 aliphatic carbocycles. The smallest absolute Gasteiger partial charge is 0.310 e. The predicted molar refractivity (Wildman–Crippen MR) is 120 cm³/mol. The van der Waals surface area contributed by atoms with Crippen molar-refractivity contribution in [3.63, 3.8) is 0 Å². The fourth-order valence-electron chi connectivity index (χ4n) is 2.81. The van der Waals surface area contributed by atoms with Crippen LogP contribution in [0.25, 0.3) is 0 Å². The number of nitrogens with two attached hydrogens (primary N) is 2. The number of aliphatic carboxylic acids is 1. The molecule has 0 aromatic rings. The van der Waals surface area contributed by atoms with Gasteiger partial charge in [-0.15, -0.1) is 0 Å². The SMILES string of the molecule is C=C(C)C(=O)NCCCCC(N)C(C)(C)C(=O)NCCCCC(N)C(C)(C)C(=O)O. The highest BCUT2D eigenvalue weighted by Crippen LogP contribution is 2.24. The van der Waals surface area contributed by atoms with Gasteiger partial charge in [0.1, 0.15) is 0 Å². The molecule has 174 valence electrons. The Morgan fingerprint density at radius 2 is 1.30 bits per heavy atom. The lowest BCUT2D eigenvalue weighted by atomic mass is 9.81. The highest BCUT2D eigenvalue weighted by molar-refractivity contribution is 5.92. The zero-order valence-corrected chi connectivity index (χ0v) is 19.3. The lowest BCUT2D eigenvalue weighted by molar-refractivity contribution is -0.148. The van der Waals surface area contributed by atoms with Crippen LogP contribution >= 0.6 is 0 Å². The maximum atomic E-state index is 12.5. The lowest BCUT2D eigenvalue weighted by Gasteiger charge is -2.30. The number of carboxylic acids is 1. The van der Waals surface area contributed by atoms with E-state index < -0.39 is 22.8 Å². The summed E-state index contributed by atoms with van der Waals surface area (Å²) in [5.41, 5.74) is 11.1. The van der Waals surface area contributed by atoms with Crippen molar-refractivity contribution < 1.29 is 19.5 Å². The highest BCUT2D eigenvalue weighted by atomic mass is 16.4. The van der Waals surface area contributed by atoms with Gasteiger partial charge in [0, 0.05) is 30.7 Å². The molecule has 0 fully saturated rings. The highest BCUT2D eigenvalue weighted by Gasteiger charge is 2.35. The molecule has 8 heteroatoms. The van der Waals surface area contributed by atoms with E-state index >= 15 is 0 Å². The molecule has 0 aromatic heterocycles. The molecule has 2 unspecified atom stereocenters. The molecule has 8 nitrogen and oxygen atoms in total. The molecule has 0 saturated carbocycles. The average Bonchev–Trinajstić information content (AvgIpc) is 2.66. The van der Waals surface area contributed by atoms with Gasteiger partial charge in [0.05, 0.1) is 10.8 Å². The van der Waals surface area contributed by atoms with Gasteiger partial charge in [-0.3, -0.25) is 14.4 Å².